The van der Waals surface area contributed by atoms with Gasteiger partial charge in [0.05, 0.1) is 0 Å². The molecule has 19 heavy (non-hydrogen) atoms. The van der Waals surface area contributed by atoms with Crippen molar-refractivity contribution >= 4 is 5.91 Å². The Balaban J connectivity index is 1.32. The molecule has 2 saturated heterocycles. The zero-order valence-corrected chi connectivity index (χ0v) is 11.9. The lowest BCUT2D eigenvalue weighted by Gasteiger charge is -2.22. The minimum absolute atomic E-state index is 0.272. The Morgan fingerprint density at radius 1 is 1.26 bits per heavy atom. The Morgan fingerprint density at radius 3 is 2.89 bits per heavy atom. The van der Waals surface area contributed by atoms with Gasteiger partial charge in [0.1, 0.15) is 0 Å². The van der Waals surface area contributed by atoms with Crippen molar-refractivity contribution in [3.63, 3.8) is 0 Å². The molecular weight excluding hydrogens is 238 g/mol. The molecule has 0 radical (unpaired) electrons. The first-order valence-corrected chi connectivity index (χ1v) is 8.05. The second-order valence-electron chi connectivity index (χ2n) is 6.53. The molecule has 3 rings (SSSR count). The van der Waals surface area contributed by atoms with E-state index in [2.05, 4.69) is 15.5 Å². The first-order chi connectivity index (χ1) is 9.31. The molecule has 2 unspecified atom stereocenters. The Bertz CT molecular complexity index is 311. The lowest BCUT2D eigenvalue weighted by Crippen LogP contribution is -2.38. The van der Waals surface area contributed by atoms with E-state index >= 15 is 0 Å². The quantitative estimate of drug-likeness (QED) is 0.783. The SMILES string of the molecule is O=C(CCC1CCCNC1)NC1CCN(C2CC2)C1. The molecule has 0 bridgehead atoms. The number of piperidine rings is 1. The number of amides is 1. The van der Waals surface area contributed by atoms with Crippen molar-refractivity contribution in [3.05, 3.63) is 0 Å². The van der Waals surface area contributed by atoms with E-state index < -0.39 is 0 Å². The number of rotatable bonds is 5. The fourth-order valence-corrected chi connectivity index (χ4v) is 3.48. The third-order valence-electron chi connectivity index (χ3n) is 4.83. The van der Waals surface area contributed by atoms with Crippen LogP contribution in [-0.2, 0) is 4.79 Å². The normalized spacial score (nSPS) is 32.4. The van der Waals surface area contributed by atoms with Crippen molar-refractivity contribution in [2.75, 3.05) is 26.2 Å². The van der Waals surface area contributed by atoms with Crippen LogP contribution in [0.25, 0.3) is 0 Å². The van der Waals surface area contributed by atoms with Crippen LogP contribution in [0.3, 0.4) is 0 Å². The van der Waals surface area contributed by atoms with Gasteiger partial charge in [0.2, 0.25) is 5.91 Å². The van der Waals surface area contributed by atoms with Crippen LogP contribution >= 0.6 is 0 Å². The maximum Gasteiger partial charge on any atom is 0.220 e. The van der Waals surface area contributed by atoms with E-state index in [0.717, 1.165) is 38.5 Å². The van der Waals surface area contributed by atoms with Gasteiger partial charge in [-0.15, -0.1) is 0 Å². The summed E-state index contributed by atoms with van der Waals surface area (Å²) in [6.07, 6.45) is 8.21. The van der Waals surface area contributed by atoms with Crippen LogP contribution in [0.15, 0.2) is 0 Å². The van der Waals surface area contributed by atoms with Gasteiger partial charge in [-0.25, -0.2) is 0 Å². The van der Waals surface area contributed by atoms with Gasteiger partial charge in [0, 0.05) is 31.6 Å². The fourth-order valence-electron chi connectivity index (χ4n) is 3.48. The largest absolute Gasteiger partial charge is 0.352 e. The van der Waals surface area contributed by atoms with Crippen LogP contribution in [-0.4, -0.2) is 49.1 Å². The topological polar surface area (TPSA) is 44.4 Å². The molecule has 1 amide bonds. The van der Waals surface area contributed by atoms with E-state index in [0.29, 0.717) is 18.4 Å². The highest BCUT2D eigenvalue weighted by Gasteiger charge is 2.34. The molecule has 0 aromatic carbocycles. The smallest absolute Gasteiger partial charge is 0.220 e. The summed E-state index contributed by atoms with van der Waals surface area (Å²) in [6.45, 7) is 4.53. The summed E-state index contributed by atoms with van der Waals surface area (Å²) in [4.78, 5) is 14.5. The van der Waals surface area contributed by atoms with E-state index in [4.69, 9.17) is 0 Å². The van der Waals surface area contributed by atoms with E-state index in [9.17, 15) is 4.79 Å². The molecule has 3 aliphatic rings. The molecule has 2 aliphatic heterocycles. The summed E-state index contributed by atoms with van der Waals surface area (Å²) in [5, 5.41) is 6.65. The van der Waals surface area contributed by atoms with Gasteiger partial charge in [-0.2, -0.15) is 0 Å². The van der Waals surface area contributed by atoms with Crippen LogP contribution in [0.5, 0.6) is 0 Å². The van der Waals surface area contributed by atoms with Crippen LogP contribution in [0.2, 0.25) is 0 Å². The third kappa shape index (κ3) is 3.93. The Labute approximate surface area is 116 Å². The molecule has 2 N–H and O–H groups in total. The number of hydrogen-bond donors (Lipinski definition) is 2. The van der Waals surface area contributed by atoms with Gasteiger partial charge in [-0.3, -0.25) is 9.69 Å². The molecule has 0 aromatic rings. The minimum Gasteiger partial charge on any atom is -0.352 e. The summed E-state index contributed by atoms with van der Waals surface area (Å²) < 4.78 is 0. The Kier molecular flexibility index (Phi) is 4.38. The highest BCUT2D eigenvalue weighted by Crippen LogP contribution is 2.29. The third-order valence-corrected chi connectivity index (χ3v) is 4.83. The lowest BCUT2D eigenvalue weighted by atomic mass is 9.94. The highest BCUT2D eigenvalue weighted by molar-refractivity contribution is 5.76. The van der Waals surface area contributed by atoms with Crippen LogP contribution < -0.4 is 10.6 Å². The van der Waals surface area contributed by atoms with Crippen molar-refractivity contribution in [1.29, 1.82) is 0 Å². The molecule has 2 heterocycles. The average Bonchev–Trinajstić information content (AvgIpc) is 3.19. The molecule has 1 saturated carbocycles. The van der Waals surface area contributed by atoms with Crippen molar-refractivity contribution in [2.45, 2.75) is 57.0 Å². The minimum atomic E-state index is 0.272. The summed E-state index contributed by atoms with van der Waals surface area (Å²) in [7, 11) is 0. The Hall–Kier alpha value is -0.610. The van der Waals surface area contributed by atoms with Crippen molar-refractivity contribution < 1.29 is 4.79 Å². The van der Waals surface area contributed by atoms with E-state index in [1.165, 1.54) is 32.2 Å². The van der Waals surface area contributed by atoms with Crippen molar-refractivity contribution in [2.24, 2.45) is 5.92 Å². The average molecular weight is 265 g/mol. The molecule has 1 aliphatic carbocycles. The van der Waals surface area contributed by atoms with E-state index in [-0.39, 0.29) is 5.91 Å². The van der Waals surface area contributed by atoms with Crippen LogP contribution in [0, 0.1) is 5.92 Å². The second-order valence-corrected chi connectivity index (χ2v) is 6.53. The van der Waals surface area contributed by atoms with E-state index in [1.54, 1.807) is 0 Å². The summed E-state index contributed by atoms with van der Waals surface area (Å²) in [6, 6.07) is 1.26. The first kappa shape index (κ1) is 13.4. The Morgan fingerprint density at radius 2 is 2.16 bits per heavy atom. The fraction of sp³-hybridized carbons (Fsp3) is 0.933. The molecule has 4 heteroatoms. The highest BCUT2D eigenvalue weighted by atomic mass is 16.1. The summed E-state index contributed by atoms with van der Waals surface area (Å²) in [5.41, 5.74) is 0. The summed E-state index contributed by atoms with van der Waals surface area (Å²) >= 11 is 0. The van der Waals surface area contributed by atoms with Gasteiger partial charge in [-0.05, 0) is 57.5 Å². The zero-order valence-electron chi connectivity index (χ0n) is 11.9. The second kappa shape index (κ2) is 6.23. The van der Waals surface area contributed by atoms with E-state index in [1.807, 2.05) is 0 Å². The van der Waals surface area contributed by atoms with Gasteiger partial charge in [-0.1, -0.05) is 0 Å². The van der Waals surface area contributed by atoms with Crippen molar-refractivity contribution in [1.82, 2.24) is 15.5 Å². The molecular formula is C15H27N3O. The predicted molar refractivity (Wildman–Crippen MR) is 76.0 cm³/mol. The molecule has 2 atom stereocenters. The number of nitrogens with one attached hydrogen (secondary N) is 2. The predicted octanol–water partition coefficient (Wildman–Crippen LogP) is 1.12. The first-order valence-electron chi connectivity index (χ1n) is 8.05. The van der Waals surface area contributed by atoms with Gasteiger partial charge in [0.15, 0.2) is 0 Å². The van der Waals surface area contributed by atoms with Crippen LogP contribution in [0.4, 0.5) is 0 Å². The van der Waals surface area contributed by atoms with Crippen LogP contribution in [0.1, 0.15) is 44.9 Å². The van der Waals surface area contributed by atoms with Gasteiger partial charge < -0.3 is 10.6 Å². The summed E-state index contributed by atoms with van der Waals surface area (Å²) in [5.74, 6) is 0.985. The lowest BCUT2D eigenvalue weighted by molar-refractivity contribution is -0.122. The van der Waals surface area contributed by atoms with Crippen molar-refractivity contribution in [3.8, 4) is 0 Å². The number of carbonyl (C=O) groups is 1. The zero-order chi connectivity index (χ0) is 13.1. The molecule has 4 nitrogen and oxygen atoms in total. The maximum atomic E-state index is 12.0. The standard InChI is InChI=1S/C15H27N3O/c19-15(6-3-12-2-1-8-16-10-12)17-13-7-9-18(11-13)14-4-5-14/h12-14,16H,1-11H2,(H,17,19). The van der Waals surface area contributed by atoms with Gasteiger partial charge >= 0.3 is 0 Å². The number of hydrogen-bond acceptors (Lipinski definition) is 3. The molecule has 108 valence electrons. The number of likely N-dealkylation sites (tertiary alicyclic amines) is 1. The molecule has 3 fully saturated rings. The number of nitrogens with zero attached hydrogens (tertiary/aromatic N) is 1. The molecule has 0 aromatic heterocycles. The number of carbonyl (C=O) groups excluding carboxylic acids is 1. The maximum absolute atomic E-state index is 12.0. The monoisotopic (exact) mass is 265 g/mol. The van der Waals surface area contributed by atoms with Gasteiger partial charge in [0.25, 0.3) is 0 Å². The molecule has 0 spiro atoms.